The molecule has 3 amide bonds. The van der Waals surface area contributed by atoms with Gasteiger partial charge in [0.15, 0.2) is 12.2 Å². The predicted molar refractivity (Wildman–Crippen MR) is 101 cm³/mol. The molecule has 29 heavy (non-hydrogen) atoms. The van der Waals surface area contributed by atoms with Crippen molar-refractivity contribution in [2.45, 2.75) is 26.1 Å². The number of ether oxygens (including phenoxy) is 1. The Balaban J connectivity index is 1.76. The Morgan fingerprint density at radius 3 is 2.55 bits per heavy atom. The molecule has 1 aromatic rings. The second-order valence-corrected chi connectivity index (χ2v) is 7.01. The van der Waals surface area contributed by atoms with Crippen LogP contribution in [0.3, 0.4) is 0 Å². The second-order valence-electron chi connectivity index (χ2n) is 7.01. The molecule has 1 saturated heterocycles. The van der Waals surface area contributed by atoms with Crippen molar-refractivity contribution in [3.63, 3.8) is 0 Å². The van der Waals surface area contributed by atoms with Gasteiger partial charge in [0.25, 0.3) is 5.91 Å². The van der Waals surface area contributed by atoms with Crippen LogP contribution in [0, 0.1) is 5.82 Å². The quantitative estimate of drug-likeness (QED) is 0.711. The molecular formula is C19H20FN5O4. The number of imide groups is 1. The smallest absolute Gasteiger partial charge is 0.328 e. The molecule has 4 rings (SSSR count). The summed E-state index contributed by atoms with van der Waals surface area (Å²) in [5.41, 5.74) is 1.74. The number of methoxy groups -OCH3 is 1. The van der Waals surface area contributed by atoms with Gasteiger partial charge in [0.2, 0.25) is 5.96 Å². The lowest BCUT2D eigenvalue weighted by Gasteiger charge is -2.40. The predicted octanol–water partition coefficient (Wildman–Crippen LogP) is 1.33. The van der Waals surface area contributed by atoms with Crippen molar-refractivity contribution in [1.82, 2.24) is 14.7 Å². The molecule has 0 bridgehead atoms. The third kappa shape index (κ3) is 2.59. The fourth-order valence-corrected chi connectivity index (χ4v) is 3.87. The second kappa shape index (κ2) is 6.57. The van der Waals surface area contributed by atoms with Crippen LogP contribution in [0.1, 0.15) is 13.8 Å². The number of likely N-dealkylation sites (N-methyl/N-ethyl adjacent to an activating group) is 1. The maximum Gasteiger partial charge on any atom is 0.328 e. The van der Waals surface area contributed by atoms with E-state index < -0.39 is 42.5 Å². The first-order chi connectivity index (χ1) is 13.8. The van der Waals surface area contributed by atoms with E-state index in [1.54, 1.807) is 28.0 Å². The van der Waals surface area contributed by atoms with Crippen molar-refractivity contribution >= 4 is 29.6 Å². The number of nitrogens with zero attached hydrogens (tertiary/aromatic N) is 5. The summed E-state index contributed by atoms with van der Waals surface area (Å²) in [6.07, 6.45) is -0.781. The first-order valence-corrected chi connectivity index (χ1v) is 9.02. The Labute approximate surface area is 166 Å². The molecule has 0 radical (unpaired) electrons. The minimum atomic E-state index is -0.843. The molecule has 2 atom stereocenters. The molecule has 2 unspecified atom stereocenters. The monoisotopic (exact) mass is 401 g/mol. The van der Waals surface area contributed by atoms with Crippen LogP contribution in [0.15, 0.2) is 40.7 Å². The number of guanidine groups is 1. The molecule has 0 aliphatic carbocycles. The number of rotatable bonds is 3. The number of allylic oxidation sites excluding steroid dienone is 2. The van der Waals surface area contributed by atoms with Crippen LogP contribution < -0.4 is 4.90 Å². The molecule has 9 nitrogen and oxygen atoms in total. The molecule has 1 fully saturated rings. The largest absolute Gasteiger partial charge is 0.468 e. The third-order valence-electron chi connectivity index (χ3n) is 5.50. The average molecular weight is 401 g/mol. The van der Waals surface area contributed by atoms with Crippen LogP contribution in [0.4, 0.5) is 14.9 Å². The number of halogens is 1. The van der Waals surface area contributed by atoms with E-state index in [1.807, 2.05) is 13.8 Å². The maximum absolute atomic E-state index is 14.5. The van der Waals surface area contributed by atoms with E-state index in [9.17, 15) is 18.8 Å². The number of amides is 3. The fourth-order valence-electron chi connectivity index (χ4n) is 3.87. The molecule has 3 aliphatic heterocycles. The zero-order chi connectivity index (χ0) is 21.0. The average Bonchev–Trinajstić information content (AvgIpc) is 3.20. The Hall–Kier alpha value is -3.43. The van der Waals surface area contributed by atoms with Gasteiger partial charge >= 0.3 is 12.0 Å². The molecule has 152 valence electrons. The van der Waals surface area contributed by atoms with Crippen LogP contribution in [0.25, 0.3) is 0 Å². The summed E-state index contributed by atoms with van der Waals surface area (Å²) in [4.78, 5) is 47.6. The van der Waals surface area contributed by atoms with Gasteiger partial charge in [-0.05, 0) is 26.0 Å². The lowest BCUT2D eigenvalue weighted by Crippen LogP contribution is -2.65. The number of hydrogen-bond acceptors (Lipinski definition) is 7. The molecule has 3 aliphatic rings. The van der Waals surface area contributed by atoms with Crippen molar-refractivity contribution < 1.29 is 23.5 Å². The Morgan fingerprint density at radius 1 is 1.21 bits per heavy atom. The summed E-state index contributed by atoms with van der Waals surface area (Å²) >= 11 is 0. The van der Waals surface area contributed by atoms with Gasteiger partial charge in [0, 0.05) is 18.4 Å². The number of benzene rings is 1. The van der Waals surface area contributed by atoms with Gasteiger partial charge in [0.1, 0.15) is 12.4 Å². The van der Waals surface area contributed by atoms with Gasteiger partial charge in [-0.25, -0.2) is 14.2 Å². The number of aliphatic imine (C=N–C) groups is 1. The molecule has 10 heteroatoms. The lowest BCUT2D eigenvalue weighted by atomic mass is 10.1. The summed E-state index contributed by atoms with van der Waals surface area (Å²) in [6.45, 7) is 3.14. The first kappa shape index (κ1) is 18.9. The SMILES string of the molecule is COC(=O)CN1C(=O)C2C(N=C3N(c4ccccc4F)C(C)=C(C)N32)N(C)C1=O. The molecule has 0 saturated carbocycles. The number of fused-ring (bicyclic) bond motifs is 3. The summed E-state index contributed by atoms with van der Waals surface area (Å²) in [5.74, 6) is -1.31. The summed E-state index contributed by atoms with van der Waals surface area (Å²) in [7, 11) is 2.70. The van der Waals surface area contributed by atoms with E-state index in [2.05, 4.69) is 9.73 Å². The van der Waals surface area contributed by atoms with Crippen LogP contribution >= 0.6 is 0 Å². The van der Waals surface area contributed by atoms with Gasteiger partial charge in [-0.1, -0.05) is 12.1 Å². The third-order valence-corrected chi connectivity index (χ3v) is 5.50. The van der Waals surface area contributed by atoms with E-state index in [0.717, 1.165) is 10.6 Å². The van der Waals surface area contributed by atoms with Crippen molar-refractivity contribution in [3.05, 3.63) is 41.5 Å². The highest BCUT2D eigenvalue weighted by molar-refractivity contribution is 6.11. The summed E-state index contributed by atoms with van der Waals surface area (Å²) in [6, 6.07) is 4.80. The molecule has 3 heterocycles. The van der Waals surface area contributed by atoms with E-state index >= 15 is 0 Å². The number of esters is 1. The molecule has 0 aromatic heterocycles. The number of urea groups is 1. The number of carbonyl (C=O) groups excluding carboxylic acids is 3. The first-order valence-electron chi connectivity index (χ1n) is 9.02. The highest BCUT2D eigenvalue weighted by Gasteiger charge is 2.56. The zero-order valence-corrected chi connectivity index (χ0v) is 16.4. The normalized spacial score (nSPS) is 23.6. The Morgan fingerprint density at radius 2 is 1.90 bits per heavy atom. The van der Waals surface area contributed by atoms with Gasteiger partial charge < -0.3 is 9.64 Å². The van der Waals surface area contributed by atoms with Crippen molar-refractivity contribution in [3.8, 4) is 0 Å². The van der Waals surface area contributed by atoms with Gasteiger partial charge in [0.05, 0.1) is 12.8 Å². The summed E-state index contributed by atoms with van der Waals surface area (Å²) in [5, 5.41) is 0. The summed E-state index contributed by atoms with van der Waals surface area (Å²) < 4.78 is 19.1. The van der Waals surface area contributed by atoms with Gasteiger partial charge in [-0.2, -0.15) is 0 Å². The topological polar surface area (TPSA) is 85.8 Å². The maximum atomic E-state index is 14.5. The minimum absolute atomic E-state index is 0.303. The number of hydrogen-bond donors (Lipinski definition) is 0. The highest BCUT2D eigenvalue weighted by atomic mass is 19.1. The van der Waals surface area contributed by atoms with Gasteiger partial charge in [-0.15, -0.1) is 0 Å². The van der Waals surface area contributed by atoms with Crippen LogP contribution in [-0.4, -0.2) is 71.5 Å². The zero-order valence-electron chi connectivity index (χ0n) is 16.4. The molecular weight excluding hydrogens is 381 g/mol. The van der Waals surface area contributed by atoms with Crippen LogP contribution in [0.2, 0.25) is 0 Å². The molecule has 0 N–H and O–H groups in total. The van der Waals surface area contributed by atoms with E-state index in [1.165, 1.54) is 25.1 Å². The Kier molecular flexibility index (Phi) is 4.29. The molecule has 0 spiro atoms. The van der Waals surface area contributed by atoms with Crippen LogP contribution in [0.5, 0.6) is 0 Å². The van der Waals surface area contributed by atoms with Crippen molar-refractivity contribution in [2.75, 3.05) is 25.6 Å². The Bertz CT molecular complexity index is 991. The van der Waals surface area contributed by atoms with Crippen LogP contribution in [-0.2, 0) is 14.3 Å². The molecule has 1 aromatic carbocycles. The fraction of sp³-hybridized carbons (Fsp3) is 0.368. The van der Waals surface area contributed by atoms with Crippen molar-refractivity contribution in [1.29, 1.82) is 0 Å². The number of anilines is 1. The van der Waals surface area contributed by atoms with Gasteiger partial charge in [-0.3, -0.25) is 24.3 Å². The number of carbonyl (C=O) groups is 3. The van der Waals surface area contributed by atoms with E-state index in [-0.39, 0.29) is 0 Å². The number of para-hydroxylation sites is 1. The lowest BCUT2D eigenvalue weighted by molar-refractivity contribution is -0.148. The highest BCUT2D eigenvalue weighted by Crippen LogP contribution is 2.40. The van der Waals surface area contributed by atoms with Crippen molar-refractivity contribution in [2.24, 2.45) is 4.99 Å². The minimum Gasteiger partial charge on any atom is -0.468 e. The van der Waals surface area contributed by atoms with E-state index in [4.69, 9.17) is 0 Å². The van der Waals surface area contributed by atoms with E-state index in [0.29, 0.717) is 17.3 Å². The standard InChI is InChI=1S/C19H20FN5O4/c1-10-11(2)25-15-16(21-18(25)24(10)13-8-6-5-7-12(13)20)22(3)19(28)23(17(15)27)9-14(26)29-4/h5-8,15-16H,9H2,1-4H3.